The molecule has 0 aliphatic carbocycles. The highest BCUT2D eigenvalue weighted by molar-refractivity contribution is 7.89. The first kappa shape index (κ1) is 9.47. The highest BCUT2D eigenvalue weighted by Gasteiger charge is 2.29. The average Bonchev–Trinajstić information content (AvgIpc) is 2.36. The number of rotatable bonds is 3. The summed E-state index contributed by atoms with van der Waals surface area (Å²) < 4.78 is 28.8. The fraction of sp³-hybridized carbons (Fsp3) is 0.833. The molecule has 0 saturated carbocycles. The highest BCUT2D eigenvalue weighted by Crippen LogP contribution is 2.06. The van der Waals surface area contributed by atoms with Gasteiger partial charge in [-0.05, 0) is 6.92 Å². The van der Waals surface area contributed by atoms with Crippen molar-refractivity contribution in [1.29, 1.82) is 0 Å². The molecule has 0 aromatic heterocycles. The summed E-state index contributed by atoms with van der Waals surface area (Å²) in [5.41, 5.74) is 0. The van der Waals surface area contributed by atoms with E-state index in [0.29, 0.717) is 13.0 Å². The maximum absolute atomic E-state index is 11.0. The molecular formula is C6H11NO4S. The maximum Gasteiger partial charge on any atom is 0.324 e. The van der Waals surface area contributed by atoms with Crippen molar-refractivity contribution < 1.29 is 17.9 Å². The first-order valence-electron chi connectivity index (χ1n) is 3.72. The third-order valence-corrected chi connectivity index (χ3v) is 3.04. The Balaban J connectivity index is 2.57. The minimum atomic E-state index is -3.29. The standard InChI is InChI=1S/C6H11NO4S/c1-2-12(9,10)7-5-3-4-11-6(5)8/h5,7H,2-4H2,1H3. The molecule has 0 bridgehead atoms. The van der Waals surface area contributed by atoms with Crippen LogP contribution in [0.5, 0.6) is 0 Å². The van der Waals surface area contributed by atoms with Gasteiger partial charge in [-0.2, -0.15) is 0 Å². The number of nitrogens with one attached hydrogen (secondary N) is 1. The van der Waals surface area contributed by atoms with Gasteiger partial charge in [0.25, 0.3) is 0 Å². The molecule has 0 amide bonds. The van der Waals surface area contributed by atoms with Gasteiger partial charge >= 0.3 is 5.97 Å². The van der Waals surface area contributed by atoms with Gasteiger partial charge in [0.05, 0.1) is 12.4 Å². The molecular weight excluding hydrogens is 182 g/mol. The van der Waals surface area contributed by atoms with Gasteiger partial charge in [-0.25, -0.2) is 13.1 Å². The molecule has 1 unspecified atom stereocenters. The van der Waals surface area contributed by atoms with Crippen molar-refractivity contribution in [2.75, 3.05) is 12.4 Å². The number of hydrogen-bond acceptors (Lipinski definition) is 4. The number of carbonyl (C=O) groups is 1. The van der Waals surface area contributed by atoms with E-state index in [9.17, 15) is 13.2 Å². The minimum absolute atomic E-state index is 0.0171. The summed E-state index contributed by atoms with van der Waals surface area (Å²) in [5, 5.41) is 0. The van der Waals surface area contributed by atoms with Crippen molar-refractivity contribution in [3.8, 4) is 0 Å². The molecule has 0 radical (unpaired) electrons. The van der Waals surface area contributed by atoms with Crippen molar-refractivity contribution in [3.05, 3.63) is 0 Å². The molecule has 1 atom stereocenters. The number of ether oxygens (including phenoxy) is 1. The van der Waals surface area contributed by atoms with Gasteiger partial charge in [-0.15, -0.1) is 0 Å². The zero-order valence-electron chi connectivity index (χ0n) is 6.74. The maximum atomic E-state index is 11.0. The van der Waals surface area contributed by atoms with Gasteiger partial charge in [-0.3, -0.25) is 4.79 Å². The second kappa shape index (κ2) is 3.40. The first-order valence-corrected chi connectivity index (χ1v) is 5.37. The van der Waals surface area contributed by atoms with Crippen molar-refractivity contribution in [1.82, 2.24) is 4.72 Å². The van der Waals surface area contributed by atoms with Gasteiger partial charge in [0.2, 0.25) is 10.0 Å². The normalized spacial score (nSPS) is 24.1. The van der Waals surface area contributed by atoms with Crippen LogP contribution in [0.3, 0.4) is 0 Å². The quantitative estimate of drug-likeness (QED) is 0.598. The second-order valence-corrected chi connectivity index (χ2v) is 4.57. The Morgan fingerprint density at radius 3 is 2.75 bits per heavy atom. The Labute approximate surface area is 71.1 Å². The van der Waals surface area contributed by atoms with Crippen LogP contribution in [0.4, 0.5) is 0 Å². The lowest BCUT2D eigenvalue weighted by atomic mass is 10.3. The Bertz CT molecular complexity index is 271. The van der Waals surface area contributed by atoms with Crippen LogP contribution in [-0.4, -0.2) is 32.8 Å². The van der Waals surface area contributed by atoms with Crippen LogP contribution in [-0.2, 0) is 19.6 Å². The van der Waals surface area contributed by atoms with E-state index < -0.39 is 22.0 Å². The van der Waals surface area contributed by atoms with Gasteiger partial charge < -0.3 is 4.74 Å². The molecule has 6 heteroatoms. The van der Waals surface area contributed by atoms with Crippen molar-refractivity contribution in [2.45, 2.75) is 19.4 Å². The molecule has 1 fully saturated rings. The molecule has 1 aliphatic rings. The number of esters is 1. The summed E-state index contributed by atoms with van der Waals surface area (Å²) >= 11 is 0. The highest BCUT2D eigenvalue weighted by atomic mass is 32.2. The largest absolute Gasteiger partial charge is 0.464 e. The number of sulfonamides is 1. The summed E-state index contributed by atoms with van der Waals surface area (Å²) in [5.74, 6) is -0.497. The molecule has 1 N–H and O–H groups in total. The van der Waals surface area contributed by atoms with E-state index in [2.05, 4.69) is 9.46 Å². The van der Waals surface area contributed by atoms with Crippen LogP contribution in [0.25, 0.3) is 0 Å². The molecule has 12 heavy (non-hydrogen) atoms. The molecule has 70 valence electrons. The van der Waals surface area contributed by atoms with Crippen LogP contribution in [0.2, 0.25) is 0 Å². The van der Waals surface area contributed by atoms with Crippen molar-refractivity contribution >= 4 is 16.0 Å². The Morgan fingerprint density at radius 2 is 2.33 bits per heavy atom. The van der Waals surface area contributed by atoms with E-state index in [1.54, 1.807) is 0 Å². The second-order valence-electron chi connectivity index (χ2n) is 2.53. The van der Waals surface area contributed by atoms with Gasteiger partial charge in [-0.1, -0.05) is 0 Å². The molecule has 1 saturated heterocycles. The monoisotopic (exact) mass is 193 g/mol. The smallest absolute Gasteiger partial charge is 0.324 e. The Morgan fingerprint density at radius 1 is 1.67 bits per heavy atom. The molecule has 1 rings (SSSR count). The van der Waals surface area contributed by atoms with E-state index in [1.165, 1.54) is 6.92 Å². The zero-order valence-corrected chi connectivity index (χ0v) is 7.56. The van der Waals surface area contributed by atoms with Crippen LogP contribution in [0.15, 0.2) is 0 Å². The minimum Gasteiger partial charge on any atom is -0.464 e. The molecule has 0 spiro atoms. The summed E-state index contributed by atoms with van der Waals surface area (Å²) in [7, 11) is -3.29. The molecule has 1 heterocycles. The topological polar surface area (TPSA) is 72.5 Å². The lowest BCUT2D eigenvalue weighted by molar-refractivity contribution is -0.139. The molecule has 5 nitrogen and oxygen atoms in total. The fourth-order valence-corrected chi connectivity index (χ4v) is 1.72. The third kappa shape index (κ3) is 2.18. The predicted molar refractivity (Wildman–Crippen MR) is 42.0 cm³/mol. The lowest BCUT2D eigenvalue weighted by Gasteiger charge is -2.06. The molecule has 0 aromatic carbocycles. The number of carbonyl (C=O) groups excluding carboxylic acids is 1. The van der Waals surface area contributed by atoms with Crippen LogP contribution < -0.4 is 4.72 Å². The lowest BCUT2D eigenvalue weighted by Crippen LogP contribution is -2.38. The van der Waals surface area contributed by atoms with Gasteiger partial charge in [0.15, 0.2) is 0 Å². The number of hydrogen-bond donors (Lipinski definition) is 1. The summed E-state index contributed by atoms with van der Waals surface area (Å²) in [4.78, 5) is 10.8. The summed E-state index contributed by atoms with van der Waals surface area (Å²) in [6.45, 7) is 1.82. The summed E-state index contributed by atoms with van der Waals surface area (Å²) in [6, 6.07) is -0.671. The van der Waals surface area contributed by atoms with E-state index in [1.807, 2.05) is 0 Å². The third-order valence-electron chi connectivity index (χ3n) is 1.64. The van der Waals surface area contributed by atoms with Crippen LogP contribution in [0.1, 0.15) is 13.3 Å². The van der Waals surface area contributed by atoms with Crippen LogP contribution in [0, 0.1) is 0 Å². The van der Waals surface area contributed by atoms with E-state index in [4.69, 9.17) is 0 Å². The van der Waals surface area contributed by atoms with E-state index >= 15 is 0 Å². The summed E-state index contributed by atoms with van der Waals surface area (Å²) in [6.07, 6.45) is 0.429. The van der Waals surface area contributed by atoms with Gasteiger partial charge in [0, 0.05) is 6.42 Å². The fourth-order valence-electron chi connectivity index (χ4n) is 0.903. The molecule has 1 aliphatic heterocycles. The Kier molecular flexibility index (Phi) is 2.69. The van der Waals surface area contributed by atoms with E-state index in [0.717, 1.165) is 0 Å². The van der Waals surface area contributed by atoms with Crippen molar-refractivity contribution in [2.24, 2.45) is 0 Å². The number of cyclic esters (lactones) is 1. The van der Waals surface area contributed by atoms with Crippen LogP contribution >= 0.6 is 0 Å². The predicted octanol–water partition coefficient (Wildman–Crippen LogP) is -0.759. The SMILES string of the molecule is CCS(=O)(=O)NC1CCOC1=O. The average molecular weight is 193 g/mol. The first-order chi connectivity index (χ1) is 5.55. The van der Waals surface area contributed by atoms with Gasteiger partial charge in [0.1, 0.15) is 6.04 Å². The van der Waals surface area contributed by atoms with E-state index in [-0.39, 0.29) is 5.75 Å². The Hall–Kier alpha value is -0.620. The molecule has 0 aromatic rings. The van der Waals surface area contributed by atoms with Crippen molar-refractivity contribution in [3.63, 3.8) is 0 Å². The zero-order chi connectivity index (χ0) is 9.19.